The van der Waals surface area contributed by atoms with Gasteiger partial charge in [-0.3, -0.25) is 14.0 Å². The Balaban J connectivity index is 1.56. The molecule has 0 atom stereocenters. The molecule has 1 aromatic heterocycles. The van der Waals surface area contributed by atoms with Gasteiger partial charge in [0.15, 0.2) is 11.5 Å². The molecule has 3 aromatic carbocycles. The Morgan fingerprint density at radius 2 is 1.73 bits per heavy atom. The van der Waals surface area contributed by atoms with Crippen molar-refractivity contribution in [3.05, 3.63) is 104 Å². The van der Waals surface area contributed by atoms with Crippen LogP contribution in [0.1, 0.15) is 34.7 Å². The molecule has 8 nitrogen and oxygen atoms in total. The van der Waals surface area contributed by atoms with Gasteiger partial charge in [0.05, 0.1) is 31.7 Å². The van der Waals surface area contributed by atoms with Crippen LogP contribution in [-0.4, -0.2) is 29.4 Å². The Kier molecular flexibility index (Phi) is 8.71. The predicted molar refractivity (Wildman–Crippen MR) is 161 cm³/mol. The minimum atomic E-state index is -0.105. The van der Waals surface area contributed by atoms with Crippen LogP contribution < -0.4 is 26.1 Å². The zero-order valence-corrected chi connectivity index (χ0v) is 24.5. The molecule has 41 heavy (non-hydrogen) atoms. The second-order valence-corrected chi connectivity index (χ2v) is 10.3. The third kappa shape index (κ3) is 6.14. The van der Waals surface area contributed by atoms with Crippen LogP contribution in [0.2, 0.25) is 0 Å². The lowest BCUT2D eigenvalue weighted by atomic mass is 9.97. The number of rotatable bonds is 10. The number of hydroxylamine groups is 1. The van der Waals surface area contributed by atoms with E-state index in [-0.39, 0.29) is 5.69 Å². The molecule has 0 bridgehead atoms. The lowest BCUT2D eigenvalue weighted by molar-refractivity contribution is 0.0259. The number of benzene rings is 3. The fourth-order valence-electron chi connectivity index (χ4n) is 5.48. The summed E-state index contributed by atoms with van der Waals surface area (Å²) >= 11 is 0. The number of nitrogens with one attached hydrogen (secondary N) is 1. The number of aryl methyl sites for hydroxylation is 4. The quantitative estimate of drug-likeness (QED) is 0.216. The molecule has 1 aliphatic rings. The number of hydrogen-bond donors (Lipinski definition) is 1. The van der Waals surface area contributed by atoms with Crippen molar-refractivity contribution >= 4 is 5.69 Å². The summed E-state index contributed by atoms with van der Waals surface area (Å²) in [5, 5.41) is 0. The summed E-state index contributed by atoms with van der Waals surface area (Å²) in [5.74, 6) is 1.36. The molecule has 0 fully saturated rings. The van der Waals surface area contributed by atoms with Gasteiger partial charge in [-0.25, -0.2) is 15.3 Å². The Hall–Kier alpha value is -4.14. The van der Waals surface area contributed by atoms with Crippen LogP contribution in [0.3, 0.4) is 0 Å². The number of hydrogen-bond acceptors (Lipinski definition) is 6. The average molecular weight is 555 g/mol. The van der Waals surface area contributed by atoms with Crippen molar-refractivity contribution in [3.8, 4) is 22.8 Å². The molecule has 2 heterocycles. The van der Waals surface area contributed by atoms with Crippen molar-refractivity contribution < 1.29 is 14.3 Å². The number of aromatic nitrogens is 2. The van der Waals surface area contributed by atoms with Crippen LogP contribution in [0.25, 0.3) is 11.3 Å². The zero-order valence-electron chi connectivity index (χ0n) is 24.5. The summed E-state index contributed by atoms with van der Waals surface area (Å²) in [7, 11) is 1.63. The van der Waals surface area contributed by atoms with E-state index in [0.29, 0.717) is 49.8 Å². The molecule has 5 rings (SSSR count). The number of ether oxygens (including phenoxy) is 2. The van der Waals surface area contributed by atoms with Crippen LogP contribution in [0.5, 0.6) is 11.5 Å². The number of fused-ring (bicyclic) bond motifs is 3. The highest BCUT2D eigenvalue weighted by Gasteiger charge is 2.22. The first-order valence-electron chi connectivity index (χ1n) is 14.1. The number of methoxy groups -OCH3 is 1. The molecule has 0 aliphatic carbocycles. The normalized spacial score (nSPS) is 12.7. The van der Waals surface area contributed by atoms with E-state index >= 15 is 0 Å². The highest BCUT2D eigenvalue weighted by Crippen LogP contribution is 2.37. The SMILES string of the molecule is CCOc1cc2c(cc1OC)-c1cc(=Nc3c(C)cc(C)cc3C)n(CCNOCc3ccccc3)c(=O)n1CC2. The van der Waals surface area contributed by atoms with Crippen LogP contribution in [-0.2, 0) is 31.0 Å². The lowest BCUT2D eigenvalue weighted by Crippen LogP contribution is -2.43. The summed E-state index contributed by atoms with van der Waals surface area (Å²) in [4.78, 5) is 24.8. The maximum atomic E-state index is 14.0. The molecule has 1 N–H and O–H groups in total. The van der Waals surface area contributed by atoms with Crippen molar-refractivity contribution in [1.82, 2.24) is 14.6 Å². The summed E-state index contributed by atoms with van der Waals surface area (Å²) in [6.07, 6.45) is 0.720. The molecule has 1 aliphatic heterocycles. The van der Waals surface area contributed by atoms with Gasteiger partial charge < -0.3 is 9.47 Å². The molecule has 0 spiro atoms. The maximum Gasteiger partial charge on any atom is 0.330 e. The van der Waals surface area contributed by atoms with E-state index < -0.39 is 0 Å². The van der Waals surface area contributed by atoms with Crippen LogP contribution in [0.15, 0.2) is 70.5 Å². The van der Waals surface area contributed by atoms with Gasteiger partial charge in [-0.15, -0.1) is 0 Å². The first-order valence-corrected chi connectivity index (χ1v) is 14.1. The fourth-order valence-corrected chi connectivity index (χ4v) is 5.48. The van der Waals surface area contributed by atoms with E-state index in [1.807, 2.05) is 60.0 Å². The van der Waals surface area contributed by atoms with Crippen molar-refractivity contribution in [3.63, 3.8) is 0 Å². The molecule has 4 aromatic rings. The summed E-state index contributed by atoms with van der Waals surface area (Å²) in [6, 6.07) is 20.2. The molecule has 0 saturated heterocycles. The van der Waals surface area contributed by atoms with Crippen molar-refractivity contribution in [2.75, 3.05) is 20.3 Å². The average Bonchev–Trinajstić information content (AvgIpc) is 2.96. The van der Waals surface area contributed by atoms with E-state index in [1.165, 1.54) is 5.56 Å². The topological polar surface area (TPSA) is 79.0 Å². The predicted octanol–water partition coefficient (Wildman–Crippen LogP) is 5.16. The third-order valence-electron chi connectivity index (χ3n) is 7.35. The lowest BCUT2D eigenvalue weighted by Gasteiger charge is -2.25. The van der Waals surface area contributed by atoms with E-state index in [1.54, 1.807) is 11.7 Å². The van der Waals surface area contributed by atoms with Gasteiger partial charge in [0.25, 0.3) is 0 Å². The molecule has 0 saturated carbocycles. The van der Waals surface area contributed by atoms with Gasteiger partial charge in [-0.1, -0.05) is 48.0 Å². The maximum absolute atomic E-state index is 14.0. The fraction of sp³-hybridized carbons (Fsp3) is 0.333. The van der Waals surface area contributed by atoms with Gasteiger partial charge in [-0.05, 0) is 68.5 Å². The zero-order chi connectivity index (χ0) is 28.9. The standard InChI is InChI=1S/C33H38N4O4/c1-6-40-30-18-26-12-14-36-28(27(26)19-29(30)39-5)20-31(35-32-23(3)16-22(2)17-24(32)4)37(33(36)38)15-13-34-41-21-25-10-8-7-9-11-25/h7-11,16-20,34H,6,12-15,21H2,1-5H3. The van der Waals surface area contributed by atoms with E-state index in [9.17, 15) is 4.79 Å². The van der Waals surface area contributed by atoms with Gasteiger partial charge in [-0.2, -0.15) is 0 Å². The van der Waals surface area contributed by atoms with E-state index in [4.69, 9.17) is 19.3 Å². The molecule has 214 valence electrons. The highest BCUT2D eigenvalue weighted by molar-refractivity contribution is 5.70. The minimum absolute atomic E-state index is 0.105. The summed E-state index contributed by atoms with van der Waals surface area (Å²) in [5.41, 5.74) is 11.7. The largest absolute Gasteiger partial charge is 0.493 e. The smallest absolute Gasteiger partial charge is 0.330 e. The highest BCUT2D eigenvalue weighted by atomic mass is 16.6. The molecule has 0 amide bonds. The monoisotopic (exact) mass is 554 g/mol. The first-order chi connectivity index (χ1) is 19.9. The van der Waals surface area contributed by atoms with Crippen LogP contribution in [0, 0.1) is 20.8 Å². The summed E-state index contributed by atoms with van der Waals surface area (Å²) < 4.78 is 15.0. The molecule has 0 unspecified atom stereocenters. The van der Waals surface area contributed by atoms with E-state index in [0.717, 1.165) is 45.6 Å². The van der Waals surface area contributed by atoms with Crippen molar-refractivity contribution in [1.29, 1.82) is 0 Å². The molecular formula is C33H38N4O4. The number of nitrogens with zero attached hydrogens (tertiary/aromatic N) is 3. The third-order valence-corrected chi connectivity index (χ3v) is 7.35. The minimum Gasteiger partial charge on any atom is -0.493 e. The first kappa shape index (κ1) is 28.4. The van der Waals surface area contributed by atoms with Crippen molar-refractivity contribution in [2.45, 2.75) is 53.8 Å². The van der Waals surface area contributed by atoms with Crippen molar-refractivity contribution in [2.24, 2.45) is 4.99 Å². The second kappa shape index (κ2) is 12.6. The Labute approximate surface area is 240 Å². The Bertz CT molecular complexity index is 1650. The molecular weight excluding hydrogens is 516 g/mol. The molecule has 0 radical (unpaired) electrons. The second-order valence-electron chi connectivity index (χ2n) is 10.3. The Morgan fingerprint density at radius 3 is 2.44 bits per heavy atom. The van der Waals surface area contributed by atoms with Crippen LogP contribution >= 0.6 is 0 Å². The van der Waals surface area contributed by atoms with Gasteiger partial charge in [0, 0.05) is 31.3 Å². The van der Waals surface area contributed by atoms with Gasteiger partial charge in [0.2, 0.25) is 0 Å². The van der Waals surface area contributed by atoms with E-state index in [2.05, 4.69) is 38.4 Å². The van der Waals surface area contributed by atoms with Gasteiger partial charge >= 0.3 is 5.69 Å². The van der Waals surface area contributed by atoms with Crippen LogP contribution in [0.4, 0.5) is 5.69 Å². The van der Waals surface area contributed by atoms with Gasteiger partial charge in [0.1, 0.15) is 5.49 Å². The molecule has 8 heteroatoms. The summed E-state index contributed by atoms with van der Waals surface area (Å²) in [6.45, 7) is 10.6. The Morgan fingerprint density at radius 1 is 0.976 bits per heavy atom.